The van der Waals surface area contributed by atoms with Crippen LogP contribution in [0.3, 0.4) is 0 Å². The van der Waals surface area contributed by atoms with E-state index in [9.17, 15) is 14.0 Å². The van der Waals surface area contributed by atoms with Crippen molar-refractivity contribution in [1.29, 1.82) is 0 Å². The number of likely N-dealkylation sites (tertiary alicyclic amines) is 1. The molecule has 1 aliphatic heterocycles. The summed E-state index contributed by atoms with van der Waals surface area (Å²) in [6, 6.07) is 12.3. The molecule has 0 aromatic heterocycles. The highest BCUT2D eigenvalue weighted by molar-refractivity contribution is 5.85. The highest BCUT2D eigenvalue weighted by Crippen LogP contribution is 2.19. The number of rotatable bonds is 5. The van der Waals surface area contributed by atoms with Gasteiger partial charge < -0.3 is 16.0 Å². The number of piperidine rings is 1. The lowest BCUT2D eigenvalue weighted by molar-refractivity contribution is -0.135. The molecule has 1 aliphatic rings. The van der Waals surface area contributed by atoms with Crippen LogP contribution in [0.1, 0.15) is 29.5 Å². The van der Waals surface area contributed by atoms with Gasteiger partial charge in [0.1, 0.15) is 5.82 Å². The number of nitrogen functional groups attached to an aromatic ring is 1. The Hall–Kier alpha value is -2.60. The zero-order chi connectivity index (χ0) is 20.1. The highest BCUT2D eigenvalue weighted by atomic mass is 35.5. The number of hydrogen-bond donors (Lipinski definition) is 2. The van der Waals surface area contributed by atoms with Crippen LogP contribution in [0.4, 0.5) is 10.1 Å². The lowest BCUT2D eigenvalue weighted by Crippen LogP contribution is -2.43. The maximum atomic E-state index is 13.6. The first-order chi connectivity index (χ1) is 13.4. The number of amides is 2. The maximum Gasteiger partial charge on any atom is 0.226 e. The quantitative estimate of drug-likeness (QED) is 0.730. The number of nitrogens with two attached hydrogens (primary N) is 1. The second kappa shape index (κ2) is 10.3. The fourth-order valence-electron chi connectivity index (χ4n) is 3.39. The minimum atomic E-state index is -0.264. The van der Waals surface area contributed by atoms with Gasteiger partial charge in [-0.3, -0.25) is 9.59 Å². The van der Waals surface area contributed by atoms with E-state index >= 15 is 0 Å². The fraction of sp³-hybridized carbons (Fsp3) is 0.364. The monoisotopic (exact) mass is 419 g/mol. The van der Waals surface area contributed by atoms with Crippen molar-refractivity contribution in [2.45, 2.75) is 32.7 Å². The molecule has 1 fully saturated rings. The van der Waals surface area contributed by atoms with Gasteiger partial charge in [-0.15, -0.1) is 12.4 Å². The molecule has 2 aromatic rings. The van der Waals surface area contributed by atoms with Crippen molar-refractivity contribution < 1.29 is 14.0 Å². The van der Waals surface area contributed by atoms with Crippen molar-refractivity contribution in [3.63, 3.8) is 0 Å². The number of hydrogen-bond acceptors (Lipinski definition) is 3. The Kier molecular flexibility index (Phi) is 8.02. The zero-order valence-electron chi connectivity index (χ0n) is 16.5. The predicted octanol–water partition coefficient (Wildman–Crippen LogP) is 3.24. The van der Waals surface area contributed by atoms with E-state index in [-0.39, 0.29) is 36.0 Å². The fourth-order valence-corrected chi connectivity index (χ4v) is 3.39. The molecule has 7 heteroatoms. The molecule has 1 saturated heterocycles. The molecule has 3 N–H and O–H groups in total. The Labute approximate surface area is 176 Å². The van der Waals surface area contributed by atoms with Crippen LogP contribution in [0.25, 0.3) is 0 Å². The van der Waals surface area contributed by atoms with E-state index in [2.05, 4.69) is 5.32 Å². The van der Waals surface area contributed by atoms with E-state index in [0.29, 0.717) is 50.1 Å². The zero-order valence-corrected chi connectivity index (χ0v) is 17.3. The number of carbonyl (C=O) groups is 2. The molecule has 0 bridgehead atoms. The van der Waals surface area contributed by atoms with E-state index in [4.69, 9.17) is 5.73 Å². The number of anilines is 1. The van der Waals surface area contributed by atoms with Gasteiger partial charge in [0.05, 0.1) is 6.42 Å². The molecular weight excluding hydrogens is 393 g/mol. The maximum absolute atomic E-state index is 13.6. The van der Waals surface area contributed by atoms with Crippen molar-refractivity contribution >= 4 is 29.9 Å². The van der Waals surface area contributed by atoms with Crippen molar-refractivity contribution in [3.05, 3.63) is 65.0 Å². The molecule has 0 atom stereocenters. The Morgan fingerprint density at radius 1 is 1.10 bits per heavy atom. The van der Waals surface area contributed by atoms with Gasteiger partial charge in [0.15, 0.2) is 0 Å². The van der Waals surface area contributed by atoms with Gasteiger partial charge in [-0.1, -0.05) is 24.3 Å². The second-order valence-electron chi connectivity index (χ2n) is 7.37. The normalized spacial score (nSPS) is 14.2. The van der Waals surface area contributed by atoms with Crippen LogP contribution in [0.2, 0.25) is 0 Å². The highest BCUT2D eigenvalue weighted by Gasteiger charge is 2.27. The lowest BCUT2D eigenvalue weighted by atomic mass is 9.95. The number of halogens is 2. The molecule has 1 heterocycles. The first kappa shape index (κ1) is 22.7. The lowest BCUT2D eigenvalue weighted by Gasteiger charge is -2.31. The molecule has 0 radical (unpaired) electrons. The van der Waals surface area contributed by atoms with Gasteiger partial charge in [0, 0.05) is 31.2 Å². The molecule has 3 rings (SSSR count). The van der Waals surface area contributed by atoms with Crippen molar-refractivity contribution in [3.8, 4) is 0 Å². The Balaban J connectivity index is 0.00000300. The van der Waals surface area contributed by atoms with Crippen LogP contribution < -0.4 is 11.1 Å². The van der Waals surface area contributed by atoms with Gasteiger partial charge >= 0.3 is 0 Å². The summed E-state index contributed by atoms with van der Waals surface area (Å²) in [6.07, 6.45) is 1.62. The van der Waals surface area contributed by atoms with Crippen LogP contribution in [-0.4, -0.2) is 29.8 Å². The van der Waals surface area contributed by atoms with Crippen LogP contribution >= 0.6 is 12.4 Å². The Morgan fingerprint density at radius 2 is 1.72 bits per heavy atom. The molecule has 0 spiro atoms. The first-order valence-electron chi connectivity index (χ1n) is 9.57. The smallest absolute Gasteiger partial charge is 0.226 e. The molecule has 0 saturated carbocycles. The first-order valence-corrected chi connectivity index (χ1v) is 9.57. The third-order valence-electron chi connectivity index (χ3n) is 5.26. The standard InChI is InChI=1S/C22H26FN3O2.ClH/c1-15-2-3-17(12-20(15)23)14-25-22(28)18-8-10-26(11-9-18)21(27)13-16-4-6-19(24)7-5-16;/h2-7,12,18H,8-11,13-14,24H2,1H3,(H,25,28);1H. The second-order valence-corrected chi connectivity index (χ2v) is 7.37. The number of nitrogens with zero attached hydrogens (tertiary/aromatic N) is 1. The summed E-state index contributed by atoms with van der Waals surface area (Å²) < 4.78 is 13.6. The summed E-state index contributed by atoms with van der Waals surface area (Å²) in [5.74, 6) is -0.346. The molecule has 0 unspecified atom stereocenters. The Morgan fingerprint density at radius 3 is 2.34 bits per heavy atom. The number of aryl methyl sites for hydroxylation is 1. The molecule has 2 aromatic carbocycles. The average molecular weight is 420 g/mol. The summed E-state index contributed by atoms with van der Waals surface area (Å²) in [7, 11) is 0. The van der Waals surface area contributed by atoms with Gasteiger partial charge in [-0.05, 0) is 54.7 Å². The summed E-state index contributed by atoms with van der Waals surface area (Å²) in [5, 5.41) is 2.88. The topological polar surface area (TPSA) is 75.4 Å². The SMILES string of the molecule is Cc1ccc(CNC(=O)C2CCN(C(=O)Cc3ccc(N)cc3)CC2)cc1F.Cl. The predicted molar refractivity (Wildman–Crippen MR) is 114 cm³/mol. The van der Waals surface area contributed by atoms with Crippen molar-refractivity contribution in [2.75, 3.05) is 18.8 Å². The van der Waals surface area contributed by atoms with Gasteiger partial charge in [-0.2, -0.15) is 0 Å². The van der Waals surface area contributed by atoms with Gasteiger partial charge in [0.25, 0.3) is 0 Å². The van der Waals surface area contributed by atoms with Crippen LogP contribution in [-0.2, 0) is 22.6 Å². The largest absolute Gasteiger partial charge is 0.399 e. The van der Waals surface area contributed by atoms with Gasteiger partial charge in [0.2, 0.25) is 11.8 Å². The molecular formula is C22H27ClFN3O2. The summed E-state index contributed by atoms with van der Waals surface area (Å²) in [5.41, 5.74) is 8.61. The van der Waals surface area contributed by atoms with Crippen LogP contribution in [0, 0.1) is 18.7 Å². The molecule has 0 aliphatic carbocycles. The van der Waals surface area contributed by atoms with E-state index in [1.807, 2.05) is 23.1 Å². The van der Waals surface area contributed by atoms with Crippen molar-refractivity contribution in [1.82, 2.24) is 10.2 Å². The minimum Gasteiger partial charge on any atom is -0.399 e. The molecule has 156 valence electrons. The third-order valence-corrected chi connectivity index (χ3v) is 5.26. The summed E-state index contributed by atoms with van der Waals surface area (Å²) >= 11 is 0. The minimum absolute atomic E-state index is 0. The van der Waals surface area contributed by atoms with Crippen LogP contribution in [0.15, 0.2) is 42.5 Å². The van der Waals surface area contributed by atoms with Crippen LogP contribution in [0.5, 0.6) is 0 Å². The third kappa shape index (κ3) is 6.19. The van der Waals surface area contributed by atoms with Gasteiger partial charge in [-0.25, -0.2) is 4.39 Å². The number of nitrogens with one attached hydrogen (secondary N) is 1. The van der Waals surface area contributed by atoms with E-state index in [0.717, 1.165) is 11.1 Å². The molecule has 29 heavy (non-hydrogen) atoms. The average Bonchev–Trinajstić information content (AvgIpc) is 2.70. The van der Waals surface area contributed by atoms with Crippen molar-refractivity contribution in [2.24, 2.45) is 5.92 Å². The number of benzene rings is 2. The number of carbonyl (C=O) groups excluding carboxylic acids is 2. The van der Waals surface area contributed by atoms with E-state index < -0.39 is 0 Å². The van der Waals surface area contributed by atoms with E-state index in [1.165, 1.54) is 6.07 Å². The van der Waals surface area contributed by atoms with E-state index in [1.54, 1.807) is 25.1 Å². The summed E-state index contributed by atoms with van der Waals surface area (Å²) in [4.78, 5) is 26.7. The Bertz CT molecular complexity index is 850. The molecule has 2 amide bonds. The molecule has 5 nitrogen and oxygen atoms in total. The summed E-state index contributed by atoms with van der Waals surface area (Å²) in [6.45, 7) is 3.17.